The highest BCUT2D eigenvalue weighted by molar-refractivity contribution is 7.16. The topological polar surface area (TPSA) is 50.4 Å². The minimum Gasteiger partial charge on any atom is -0.378 e. The van der Waals surface area contributed by atoms with Gasteiger partial charge in [0.2, 0.25) is 0 Å². The van der Waals surface area contributed by atoms with E-state index >= 15 is 0 Å². The van der Waals surface area contributed by atoms with Crippen LogP contribution in [0.15, 0.2) is 12.1 Å². The quantitative estimate of drug-likeness (QED) is 0.868. The lowest BCUT2D eigenvalue weighted by molar-refractivity contribution is 0.105. The second-order valence-electron chi connectivity index (χ2n) is 4.21. The molecule has 4 nitrogen and oxygen atoms in total. The van der Waals surface area contributed by atoms with Crippen molar-refractivity contribution in [3.63, 3.8) is 0 Å². The summed E-state index contributed by atoms with van der Waals surface area (Å²) in [7, 11) is 0. The van der Waals surface area contributed by atoms with Crippen molar-refractivity contribution in [3.8, 4) is 0 Å². The third-order valence-corrected chi connectivity index (χ3v) is 3.67. The molecule has 1 aliphatic heterocycles. The van der Waals surface area contributed by atoms with Gasteiger partial charge in [0.05, 0.1) is 11.1 Å². The van der Waals surface area contributed by atoms with Crippen LogP contribution in [0.2, 0.25) is 0 Å². The van der Waals surface area contributed by atoms with Gasteiger partial charge in [-0.2, -0.15) is 0 Å². The highest BCUT2D eigenvalue weighted by Crippen LogP contribution is 2.20. The third kappa shape index (κ3) is 4.02. The second-order valence-corrected chi connectivity index (χ2v) is 5.50. The summed E-state index contributed by atoms with van der Waals surface area (Å²) in [6.07, 6.45) is 3.50. The largest absolute Gasteiger partial charge is 0.378 e. The molecule has 0 radical (unpaired) electrons. The third-order valence-electron chi connectivity index (χ3n) is 2.75. The zero-order chi connectivity index (χ0) is 12.1. The molecule has 2 rings (SSSR count). The van der Waals surface area contributed by atoms with Crippen LogP contribution in [0.1, 0.15) is 24.1 Å². The summed E-state index contributed by atoms with van der Waals surface area (Å²) in [5.74, 6) is 0. The average Bonchev–Trinajstić information content (AvgIpc) is 2.90. The Bertz CT molecular complexity index is 372. The first kappa shape index (κ1) is 12.4. The van der Waals surface area contributed by atoms with E-state index < -0.39 is 0 Å². The van der Waals surface area contributed by atoms with Crippen molar-refractivity contribution in [3.05, 3.63) is 17.0 Å². The van der Waals surface area contributed by atoms with Gasteiger partial charge in [0.15, 0.2) is 0 Å². The standard InChI is InChI=1S/C12H18N2O2S/c1-9-4-5-11(17-9)14-12(15)13-7-6-10-3-2-8-16-10/h4-5,10H,2-3,6-8H2,1H3,(H2,13,14,15). The Morgan fingerprint density at radius 1 is 1.59 bits per heavy atom. The minimum atomic E-state index is -0.134. The molecule has 0 spiro atoms. The maximum atomic E-state index is 11.5. The fourth-order valence-electron chi connectivity index (χ4n) is 1.88. The molecule has 5 heteroatoms. The van der Waals surface area contributed by atoms with Crippen molar-refractivity contribution in [2.24, 2.45) is 0 Å². The second kappa shape index (κ2) is 6.02. The fourth-order valence-corrected chi connectivity index (χ4v) is 2.64. The summed E-state index contributed by atoms with van der Waals surface area (Å²) in [6.45, 7) is 3.55. The van der Waals surface area contributed by atoms with Gasteiger partial charge in [0, 0.05) is 18.0 Å². The molecule has 17 heavy (non-hydrogen) atoms. The molecule has 1 atom stereocenters. The van der Waals surface area contributed by atoms with Gasteiger partial charge in [0.1, 0.15) is 0 Å². The van der Waals surface area contributed by atoms with Crippen LogP contribution in [-0.4, -0.2) is 25.3 Å². The van der Waals surface area contributed by atoms with Gasteiger partial charge < -0.3 is 10.1 Å². The molecule has 0 aliphatic carbocycles. The Morgan fingerprint density at radius 3 is 3.12 bits per heavy atom. The summed E-state index contributed by atoms with van der Waals surface area (Å²) in [6, 6.07) is 3.77. The zero-order valence-electron chi connectivity index (χ0n) is 9.99. The van der Waals surface area contributed by atoms with E-state index in [1.165, 1.54) is 4.88 Å². The highest BCUT2D eigenvalue weighted by Gasteiger charge is 2.15. The van der Waals surface area contributed by atoms with Crippen LogP contribution < -0.4 is 10.6 Å². The van der Waals surface area contributed by atoms with E-state index in [1.807, 2.05) is 19.1 Å². The van der Waals surface area contributed by atoms with E-state index in [9.17, 15) is 4.79 Å². The lowest BCUT2D eigenvalue weighted by Gasteiger charge is -2.10. The van der Waals surface area contributed by atoms with Crippen molar-refractivity contribution < 1.29 is 9.53 Å². The molecule has 2 heterocycles. The molecule has 0 aromatic carbocycles. The van der Waals surface area contributed by atoms with E-state index in [0.29, 0.717) is 12.6 Å². The van der Waals surface area contributed by atoms with Crippen LogP contribution in [0.4, 0.5) is 9.80 Å². The first-order valence-electron chi connectivity index (χ1n) is 5.97. The molecule has 2 N–H and O–H groups in total. The van der Waals surface area contributed by atoms with Gasteiger partial charge in [0.25, 0.3) is 0 Å². The minimum absolute atomic E-state index is 0.134. The molecule has 1 fully saturated rings. The number of amides is 2. The Hall–Kier alpha value is -1.07. The number of rotatable bonds is 4. The molecular formula is C12H18N2O2S. The molecule has 0 saturated carbocycles. The first-order valence-corrected chi connectivity index (χ1v) is 6.78. The van der Waals surface area contributed by atoms with Crippen LogP contribution in [0.5, 0.6) is 0 Å². The SMILES string of the molecule is Cc1ccc(NC(=O)NCCC2CCCO2)s1. The number of thiophene rings is 1. The van der Waals surface area contributed by atoms with Crippen molar-refractivity contribution in [2.75, 3.05) is 18.5 Å². The summed E-state index contributed by atoms with van der Waals surface area (Å²) >= 11 is 1.58. The molecule has 1 saturated heterocycles. The molecule has 0 bridgehead atoms. The molecule has 2 amide bonds. The van der Waals surface area contributed by atoms with Crippen molar-refractivity contribution >= 4 is 22.4 Å². The van der Waals surface area contributed by atoms with Crippen LogP contribution in [0, 0.1) is 6.92 Å². The van der Waals surface area contributed by atoms with E-state index in [-0.39, 0.29) is 6.03 Å². The zero-order valence-corrected chi connectivity index (χ0v) is 10.8. The number of urea groups is 1. The lowest BCUT2D eigenvalue weighted by Crippen LogP contribution is -2.30. The first-order chi connectivity index (χ1) is 8.24. The van der Waals surface area contributed by atoms with E-state index in [0.717, 1.165) is 30.9 Å². The monoisotopic (exact) mass is 254 g/mol. The number of hydrogen-bond donors (Lipinski definition) is 2. The smallest absolute Gasteiger partial charge is 0.319 e. The fraction of sp³-hybridized carbons (Fsp3) is 0.583. The van der Waals surface area contributed by atoms with Crippen LogP contribution in [-0.2, 0) is 4.74 Å². The Balaban J connectivity index is 1.63. The average molecular weight is 254 g/mol. The van der Waals surface area contributed by atoms with Crippen molar-refractivity contribution in [1.82, 2.24) is 5.32 Å². The highest BCUT2D eigenvalue weighted by atomic mass is 32.1. The van der Waals surface area contributed by atoms with Gasteiger partial charge in [-0.3, -0.25) is 5.32 Å². The normalized spacial score (nSPS) is 19.2. The number of ether oxygens (including phenoxy) is 1. The Labute approximate surface area is 105 Å². The summed E-state index contributed by atoms with van der Waals surface area (Å²) in [5, 5.41) is 6.55. The molecule has 94 valence electrons. The number of anilines is 1. The molecular weight excluding hydrogens is 236 g/mol. The van der Waals surface area contributed by atoms with Crippen LogP contribution >= 0.6 is 11.3 Å². The molecule has 1 unspecified atom stereocenters. The van der Waals surface area contributed by atoms with Gasteiger partial charge in [-0.1, -0.05) is 0 Å². The lowest BCUT2D eigenvalue weighted by atomic mass is 10.2. The van der Waals surface area contributed by atoms with Crippen molar-refractivity contribution in [1.29, 1.82) is 0 Å². The summed E-state index contributed by atoms with van der Waals surface area (Å²) in [5.41, 5.74) is 0. The van der Waals surface area contributed by atoms with Gasteiger partial charge in [-0.15, -0.1) is 11.3 Å². The number of carbonyl (C=O) groups excluding carboxylic acids is 1. The van der Waals surface area contributed by atoms with Gasteiger partial charge in [-0.05, 0) is 38.3 Å². The van der Waals surface area contributed by atoms with Crippen LogP contribution in [0.25, 0.3) is 0 Å². The predicted octanol–water partition coefficient (Wildman–Crippen LogP) is 2.75. The van der Waals surface area contributed by atoms with Crippen LogP contribution in [0.3, 0.4) is 0 Å². The number of aryl methyl sites for hydroxylation is 1. The number of carbonyl (C=O) groups is 1. The maximum Gasteiger partial charge on any atom is 0.319 e. The number of hydrogen-bond acceptors (Lipinski definition) is 3. The maximum absolute atomic E-state index is 11.5. The predicted molar refractivity (Wildman–Crippen MR) is 69.7 cm³/mol. The van der Waals surface area contributed by atoms with E-state index in [1.54, 1.807) is 11.3 Å². The van der Waals surface area contributed by atoms with Gasteiger partial charge >= 0.3 is 6.03 Å². The van der Waals surface area contributed by atoms with E-state index in [4.69, 9.17) is 4.74 Å². The molecule has 1 aromatic rings. The molecule has 1 aromatic heterocycles. The Morgan fingerprint density at radius 2 is 2.47 bits per heavy atom. The summed E-state index contributed by atoms with van der Waals surface area (Å²) < 4.78 is 5.49. The Kier molecular flexibility index (Phi) is 4.39. The van der Waals surface area contributed by atoms with Crippen molar-refractivity contribution in [2.45, 2.75) is 32.3 Å². The summed E-state index contributed by atoms with van der Waals surface area (Å²) in [4.78, 5) is 12.7. The molecule has 1 aliphatic rings. The van der Waals surface area contributed by atoms with Gasteiger partial charge in [-0.25, -0.2) is 4.79 Å². The van der Waals surface area contributed by atoms with E-state index in [2.05, 4.69) is 10.6 Å². The number of nitrogens with one attached hydrogen (secondary N) is 2.